The van der Waals surface area contributed by atoms with Gasteiger partial charge in [0.1, 0.15) is 0 Å². The molecule has 290 valence electrons. The van der Waals surface area contributed by atoms with Gasteiger partial charge >= 0.3 is 5.97 Å². The number of non-ortho nitro benzene ring substituents is 1. The smallest absolute Gasteiger partial charge is 0.303 e. The number of anilines is 1. The first kappa shape index (κ1) is 39.6. The van der Waals surface area contributed by atoms with Crippen LogP contribution in [0.15, 0.2) is 97.1 Å². The lowest BCUT2D eigenvalue weighted by atomic mass is 9.98. The van der Waals surface area contributed by atoms with Crippen molar-refractivity contribution < 1.29 is 34.2 Å². The summed E-state index contributed by atoms with van der Waals surface area (Å²) in [5.74, 6) is -0.799. The van der Waals surface area contributed by atoms with Crippen molar-refractivity contribution in [3.05, 3.63) is 129 Å². The number of carbonyl (C=O) groups is 2. The third kappa shape index (κ3) is 11.4. The molecule has 2 aliphatic heterocycles. The van der Waals surface area contributed by atoms with E-state index in [1.165, 1.54) is 0 Å². The lowest BCUT2D eigenvalue weighted by Crippen LogP contribution is -2.49. The number of carboxylic acid groups (broad SMARTS) is 1. The van der Waals surface area contributed by atoms with Crippen molar-refractivity contribution >= 4 is 23.3 Å². The monoisotopic (exact) mass is 750 g/mol. The highest BCUT2D eigenvalue weighted by Crippen LogP contribution is 2.39. The number of amides is 1. The third-order valence-corrected chi connectivity index (χ3v) is 10.3. The van der Waals surface area contributed by atoms with Gasteiger partial charge < -0.3 is 29.9 Å². The number of nitro groups is 1. The fraction of sp³-hybridized carbons (Fsp3) is 0.395. The number of aliphatic hydroxyl groups excluding tert-OH is 1. The van der Waals surface area contributed by atoms with Crippen molar-refractivity contribution in [2.24, 2.45) is 0 Å². The molecular formula is C43H50N4O8. The first-order chi connectivity index (χ1) is 26.7. The van der Waals surface area contributed by atoms with E-state index in [1.54, 1.807) is 12.1 Å². The third-order valence-electron chi connectivity index (χ3n) is 10.3. The number of nitrogens with one attached hydrogen (secondary N) is 1. The maximum Gasteiger partial charge on any atom is 0.303 e. The van der Waals surface area contributed by atoms with Crippen LogP contribution < -0.4 is 10.2 Å². The molecule has 0 aliphatic carbocycles. The zero-order valence-electron chi connectivity index (χ0n) is 31.1. The number of piperazine rings is 1. The molecule has 0 bridgehead atoms. The molecule has 0 saturated carbocycles. The highest BCUT2D eigenvalue weighted by atomic mass is 16.7. The molecule has 4 aromatic rings. The number of hydrogen-bond donors (Lipinski definition) is 3. The van der Waals surface area contributed by atoms with Gasteiger partial charge in [0.2, 0.25) is 5.91 Å². The molecule has 2 saturated heterocycles. The Labute approximate surface area is 321 Å². The Hall–Kier alpha value is -5.14. The Morgan fingerprint density at radius 3 is 2.16 bits per heavy atom. The Morgan fingerprint density at radius 1 is 0.782 bits per heavy atom. The summed E-state index contributed by atoms with van der Waals surface area (Å²) < 4.78 is 13.4. The second-order valence-electron chi connectivity index (χ2n) is 14.3. The van der Waals surface area contributed by atoms with E-state index >= 15 is 0 Å². The molecule has 12 nitrogen and oxygen atoms in total. The molecule has 0 radical (unpaired) electrons. The largest absolute Gasteiger partial charge is 0.481 e. The second-order valence-corrected chi connectivity index (χ2v) is 14.3. The summed E-state index contributed by atoms with van der Waals surface area (Å²) in [6.07, 6.45) is 3.36. The summed E-state index contributed by atoms with van der Waals surface area (Å²) in [6.45, 7) is 4.40. The molecule has 2 fully saturated rings. The number of rotatable bonds is 17. The van der Waals surface area contributed by atoms with Crippen LogP contribution in [0.5, 0.6) is 0 Å². The van der Waals surface area contributed by atoms with Crippen LogP contribution in [-0.2, 0) is 32.2 Å². The van der Waals surface area contributed by atoms with Gasteiger partial charge in [-0.25, -0.2) is 0 Å². The molecule has 4 aromatic carbocycles. The average molecular weight is 751 g/mol. The summed E-state index contributed by atoms with van der Waals surface area (Å²) in [7, 11) is 0. The Bertz CT molecular complexity index is 1880. The van der Waals surface area contributed by atoms with Gasteiger partial charge in [-0.2, -0.15) is 0 Å². The Kier molecular flexibility index (Phi) is 14.0. The SMILES string of the molecule is O=C(O)CCCCCCC(=O)NCc1cccc(-c2cccc(C3OC(CN4CCN(c5ccc([N+](=O)[O-])cc5)CC4)CC(c4ccc(CO)cc4)O3)c2)c1. The van der Waals surface area contributed by atoms with Crippen LogP contribution in [-0.4, -0.2) is 70.7 Å². The average Bonchev–Trinajstić information content (AvgIpc) is 3.21. The van der Waals surface area contributed by atoms with E-state index in [0.29, 0.717) is 25.8 Å². The summed E-state index contributed by atoms with van der Waals surface area (Å²) in [5.41, 5.74) is 6.86. The van der Waals surface area contributed by atoms with Gasteiger partial charge in [0.05, 0.1) is 23.7 Å². The van der Waals surface area contributed by atoms with E-state index < -0.39 is 12.3 Å². The number of hydrogen-bond acceptors (Lipinski definition) is 9. The van der Waals surface area contributed by atoms with Gasteiger partial charge in [0.25, 0.3) is 5.69 Å². The first-order valence-corrected chi connectivity index (χ1v) is 19.1. The predicted molar refractivity (Wildman–Crippen MR) is 209 cm³/mol. The van der Waals surface area contributed by atoms with E-state index in [1.807, 2.05) is 60.7 Å². The van der Waals surface area contributed by atoms with Crippen molar-refractivity contribution in [3.63, 3.8) is 0 Å². The van der Waals surface area contributed by atoms with Crippen molar-refractivity contribution in [1.29, 1.82) is 0 Å². The van der Waals surface area contributed by atoms with E-state index in [0.717, 1.165) is 91.1 Å². The molecule has 55 heavy (non-hydrogen) atoms. The number of ether oxygens (including phenoxy) is 2. The van der Waals surface area contributed by atoms with E-state index in [-0.39, 0.29) is 41.8 Å². The highest BCUT2D eigenvalue weighted by molar-refractivity contribution is 5.76. The van der Waals surface area contributed by atoms with Crippen molar-refractivity contribution in [3.8, 4) is 11.1 Å². The van der Waals surface area contributed by atoms with Gasteiger partial charge in [-0.3, -0.25) is 24.6 Å². The molecule has 2 aliphatic rings. The number of carboxylic acids is 1. The zero-order valence-corrected chi connectivity index (χ0v) is 31.1. The molecular weight excluding hydrogens is 700 g/mol. The molecule has 0 aromatic heterocycles. The lowest BCUT2D eigenvalue weighted by Gasteiger charge is -2.41. The van der Waals surface area contributed by atoms with Crippen LogP contribution in [0.1, 0.15) is 79.6 Å². The van der Waals surface area contributed by atoms with Crippen molar-refractivity contribution in [2.45, 2.75) is 76.6 Å². The number of nitro benzene ring substituents is 1. The summed E-state index contributed by atoms with van der Waals surface area (Å²) in [6, 6.07) is 30.9. The fourth-order valence-electron chi connectivity index (χ4n) is 7.22. The quantitative estimate of drug-likeness (QED) is 0.0575. The van der Waals surface area contributed by atoms with Crippen LogP contribution in [0.2, 0.25) is 0 Å². The fourth-order valence-corrected chi connectivity index (χ4v) is 7.22. The minimum absolute atomic E-state index is 0.0151. The molecule has 3 unspecified atom stereocenters. The Balaban J connectivity index is 1.09. The summed E-state index contributed by atoms with van der Waals surface area (Å²) in [5, 5.41) is 32.5. The molecule has 0 spiro atoms. The maximum absolute atomic E-state index is 12.5. The van der Waals surface area contributed by atoms with Gasteiger partial charge in [-0.05, 0) is 64.9 Å². The molecule has 6 rings (SSSR count). The Morgan fingerprint density at radius 2 is 1.47 bits per heavy atom. The second kappa shape index (κ2) is 19.4. The topological polar surface area (TPSA) is 155 Å². The maximum atomic E-state index is 12.5. The van der Waals surface area contributed by atoms with Crippen LogP contribution in [0.25, 0.3) is 11.1 Å². The molecule has 12 heteroatoms. The number of unbranched alkanes of at least 4 members (excludes halogenated alkanes) is 3. The van der Waals surface area contributed by atoms with Crippen LogP contribution in [0.3, 0.4) is 0 Å². The highest BCUT2D eigenvalue weighted by Gasteiger charge is 2.34. The lowest BCUT2D eigenvalue weighted by molar-refractivity contribution is -0.384. The first-order valence-electron chi connectivity index (χ1n) is 19.1. The molecule has 2 heterocycles. The van der Waals surface area contributed by atoms with Gasteiger partial charge in [0.15, 0.2) is 6.29 Å². The van der Waals surface area contributed by atoms with E-state index in [4.69, 9.17) is 14.6 Å². The standard InChI is InChI=1S/C43H50N4O8/c48-30-31-13-15-33(16-14-31)40-27-39(29-45-21-23-46(24-22-45)37-17-19-38(20-18-37)47(52)53)54-43(55-40)36-10-6-9-35(26-36)34-8-5-7-32(25-34)28-44-41(49)11-3-1-2-4-12-42(50)51/h5-10,13-20,25-26,39-40,43,48H,1-4,11-12,21-24,27-30H2,(H,44,49)(H,50,51). The van der Waals surface area contributed by atoms with Crippen LogP contribution in [0.4, 0.5) is 11.4 Å². The number of aliphatic hydroxyl groups is 1. The van der Waals surface area contributed by atoms with Crippen LogP contribution >= 0.6 is 0 Å². The summed E-state index contributed by atoms with van der Waals surface area (Å²) >= 11 is 0. The predicted octanol–water partition coefficient (Wildman–Crippen LogP) is 7.16. The minimum Gasteiger partial charge on any atom is -0.481 e. The normalized spacial score (nSPS) is 18.9. The van der Waals surface area contributed by atoms with E-state index in [9.17, 15) is 24.8 Å². The number of benzene rings is 4. The summed E-state index contributed by atoms with van der Waals surface area (Å²) in [4.78, 5) is 38.5. The number of aliphatic carboxylic acids is 1. The van der Waals surface area contributed by atoms with Gasteiger partial charge in [-0.15, -0.1) is 0 Å². The minimum atomic E-state index is -0.784. The van der Waals surface area contributed by atoms with Gasteiger partial charge in [-0.1, -0.05) is 73.5 Å². The molecule has 1 amide bonds. The molecule has 3 atom stereocenters. The number of carbonyl (C=O) groups excluding carboxylic acids is 1. The van der Waals surface area contributed by atoms with E-state index in [2.05, 4.69) is 39.4 Å². The molecule has 3 N–H and O–H groups in total. The van der Waals surface area contributed by atoms with Crippen LogP contribution in [0, 0.1) is 10.1 Å². The zero-order chi connectivity index (χ0) is 38.6. The van der Waals surface area contributed by atoms with Crippen molar-refractivity contribution in [2.75, 3.05) is 37.6 Å². The van der Waals surface area contributed by atoms with Gasteiger partial charge in [0, 0.05) is 81.9 Å². The number of nitrogens with zero attached hydrogens (tertiary/aromatic N) is 3. The van der Waals surface area contributed by atoms with Crippen molar-refractivity contribution in [1.82, 2.24) is 10.2 Å².